The standard InChI is InChI=1S/C11H11F3O4/c1-17-8-4-2-7(3-5-10(15)16)9(6-8)18-11(12,13)14/h2,4,6H,3,5H2,1H3,(H,15,16). The third-order valence-electron chi connectivity index (χ3n) is 2.11. The largest absolute Gasteiger partial charge is 0.573 e. The lowest BCUT2D eigenvalue weighted by atomic mass is 10.1. The zero-order valence-electron chi connectivity index (χ0n) is 9.45. The number of hydrogen-bond donors (Lipinski definition) is 1. The Balaban J connectivity index is 2.96. The predicted molar refractivity (Wildman–Crippen MR) is 55.6 cm³/mol. The molecule has 0 atom stereocenters. The van der Waals surface area contributed by atoms with Crippen molar-refractivity contribution in [3.63, 3.8) is 0 Å². The molecule has 0 aromatic heterocycles. The van der Waals surface area contributed by atoms with Gasteiger partial charge in [0.1, 0.15) is 11.5 Å². The van der Waals surface area contributed by atoms with Crippen LogP contribution in [0.2, 0.25) is 0 Å². The van der Waals surface area contributed by atoms with Gasteiger partial charge in [-0.05, 0) is 18.1 Å². The number of aryl methyl sites for hydroxylation is 1. The Morgan fingerprint density at radius 3 is 2.56 bits per heavy atom. The number of rotatable bonds is 5. The molecule has 4 nitrogen and oxygen atoms in total. The minimum absolute atomic E-state index is 0.0509. The van der Waals surface area contributed by atoms with Crippen LogP contribution in [0, 0.1) is 0 Å². The summed E-state index contributed by atoms with van der Waals surface area (Å²) in [6.45, 7) is 0. The monoisotopic (exact) mass is 264 g/mol. The van der Waals surface area contributed by atoms with E-state index in [4.69, 9.17) is 9.84 Å². The van der Waals surface area contributed by atoms with Gasteiger partial charge in [0.15, 0.2) is 0 Å². The van der Waals surface area contributed by atoms with Gasteiger partial charge in [-0.3, -0.25) is 4.79 Å². The predicted octanol–water partition coefficient (Wildman–Crippen LogP) is 2.61. The number of carboxylic acids is 1. The first-order valence-corrected chi connectivity index (χ1v) is 4.96. The van der Waals surface area contributed by atoms with Gasteiger partial charge in [-0.15, -0.1) is 13.2 Å². The van der Waals surface area contributed by atoms with Crippen LogP contribution in [0.25, 0.3) is 0 Å². The Hall–Kier alpha value is -1.92. The second kappa shape index (κ2) is 5.61. The number of benzene rings is 1. The van der Waals surface area contributed by atoms with Gasteiger partial charge < -0.3 is 14.6 Å². The maximum Gasteiger partial charge on any atom is 0.573 e. The highest BCUT2D eigenvalue weighted by molar-refractivity contribution is 5.67. The molecule has 1 aromatic rings. The Morgan fingerprint density at radius 1 is 1.39 bits per heavy atom. The number of halogens is 3. The van der Waals surface area contributed by atoms with E-state index in [1.807, 2.05) is 0 Å². The first-order valence-electron chi connectivity index (χ1n) is 4.96. The molecule has 18 heavy (non-hydrogen) atoms. The molecule has 0 fully saturated rings. The van der Waals surface area contributed by atoms with Gasteiger partial charge in [0.05, 0.1) is 7.11 Å². The van der Waals surface area contributed by atoms with Crippen molar-refractivity contribution in [2.75, 3.05) is 7.11 Å². The number of hydrogen-bond acceptors (Lipinski definition) is 3. The SMILES string of the molecule is COc1ccc(CCC(=O)O)c(OC(F)(F)F)c1. The van der Waals surface area contributed by atoms with Gasteiger partial charge in [0.2, 0.25) is 0 Å². The van der Waals surface area contributed by atoms with Gasteiger partial charge in [0, 0.05) is 12.5 Å². The van der Waals surface area contributed by atoms with Crippen molar-refractivity contribution in [1.82, 2.24) is 0 Å². The average Bonchev–Trinajstić information content (AvgIpc) is 2.25. The van der Waals surface area contributed by atoms with E-state index in [0.717, 1.165) is 6.07 Å². The molecule has 0 aliphatic carbocycles. The van der Waals surface area contributed by atoms with Crippen LogP contribution < -0.4 is 9.47 Å². The molecule has 0 radical (unpaired) electrons. The van der Waals surface area contributed by atoms with Crippen LogP contribution in [0.3, 0.4) is 0 Å². The lowest BCUT2D eigenvalue weighted by Crippen LogP contribution is -2.18. The van der Waals surface area contributed by atoms with Crippen LogP contribution in [0.5, 0.6) is 11.5 Å². The van der Waals surface area contributed by atoms with E-state index < -0.39 is 18.1 Å². The molecule has 0 bridgehead atoms. The third-order valence-corrected chi connectivity index (χ3v) is 2.11. The third kappa shape index (κ3) is 4.52. The van der Waals surface area contributed by atoms with Gasteiger partial charge >= 0.3 is 12.3 Å². The molecule has 0 saturated heterocycles. The minimum atomic E-state index is -4.83. The van der Waals surface area contributed by atoms with Crippen LogP contribution in [0.4, 0.5) is 13.2 Å². The highest BCUT2D eigenvalue weighted by atomic mass is 19.4. The molecule has 1 N–H and O–H groups in total. The molecule has 1 rings (SSSR count). The topological polar surface area (TPSA) is 55.8 Å². The number of carbonyl (C=O) groups is 1. The molecule has 0 heterocycles. The number of ether oxygens (including phenoxy) is 2. The quantitative estimate of drug-likeness (QED) is 0.888. The van der Waals surface area contributed by atoms with E-state index in [9.17, 15) is 18.0 Å². The summed E-state index contributed by atoms with van der Waals surface area (Å²) in [5, 5.41) is 8.51. The summed E-state index contributed by atoms with van der Waals surface area (Å²) in [6, 6.07) is 3.87. The number of alkyl halides is 3. The molecule has 0 spiro atoms. The van der Waals surface area contributed by atoms with Crippen molar-refractivity contribution < 1.29 is 32.5 Å². The first kappa shape index (κ1) is 14.1. The highest BCUT2D eigenvalue weighted by Crippen LogP contribution is 2.30. The normalized spacial score (nSPS) is 11.1. The van der Waals surface area contributed by atoms with Gasteiger partial charge in [-0.1, -0.05) is 6.07 Å². The molecule has 100 valence electrons. The molecule has 0 saturated carbocycles. The maximum atomic E-state index is 12.2. The van der Waals surface area contributed by atoms with Crippen molar-refractivity contribution in [3.8, 4) is 11.5 Å². The molecule has 0 unspecified atom stereocenters. The first-order chi connectivity index (χ1) is 8.31. The van der Waals surface area contributed by atoms with Crippen LogP contribution >= 0.6 is 0 Å². The Bertz CT molecular complexity index is 429. The van der Waals surface area contributed by atoms with Crippen LogP contribution in [0.1, 0.15) is 12.0 Å². The summed E-state index contributed by atoms with van der Waals surface area (Å²) >= 11 is 0. The molecule has 0 amide bonds. The van der Waals surface area contributed by atoms with E-state index in [2.05, 4.69) is 4.74 Å². The van der Waals surface area contributed by atoms with E-state index in [0.29, 0.717) is 0 Å². The zero-order chi connectivity index (χ0) is 13.8. The van der Waals surface area contributed by atoms with Crippen molar-refractivity contribution in [2.45, 2.75) is 19.2 Å². The lowest BCUT2D eigenvalue weighted by molar-refractivity contribution is -0.274. The van der Waals surface area contributed by atoms with Gasteiger partial charge in [-0.25, -0.2) is 0 Å². The van der Waals surface area contributed by atoms with Crippen LogP contribution in [0.15, 0.2) is 18.2 Å². The summed E-state index contributed by atoms with van der Waals surface area (Å²) in [7, 11) is 1.31. The van der Waals surface area contributed by atoms with Crippen molar-refractivity contribution in [3.05, 3.63) is 23.8 Å². The molecule has 1 aromatic carbocycles. The minimum Gasteiger partial charge on any atom is -0.497 e. The fraction of sp³-hybridized carbons (Fsp3) is 0.364. The zero-order valence-corrected chi connectivity index (χ0v) is 9.45. The second-order valence-electron chi connectivity index (χ2n) is 3.42. The van der Waals surface area contributed by atoms with Crippen molar-refractivity contribution in [2.24, 2.45) is 0 Å². The maximum absolute atomic E-state index is 12.2. The summed E-state index contributed by atoms with van der Waals surface area (Å²) in [4.78, 5) is 10.4. The average molecular weight is 264 g/mol. The summed E-state index contributed by atoms with van der Waals surface area (Å²) in [5.41, 5.74) is 0.163. The Kier molecular flexibility index (Phi) is 4.41. The fourth-order valence-corrected chi connectivity index (χ4v) is 1.33. The molecule has 0 aliphatic rings. The van der Waals surface area contributed by atoms with E-state index in [1.54, 1.807) is 0 Å². The van der Waals surface area contributed by atoms with Crippen LogP contribution in [-0.2, 0) is 11.2 Å². The second-order valence-corrected chi connectivity index (χ2v) is 3.42. The molecular formula is C11H11F3O4. The van der Waals surface area contributed by atoms with Crippen molar-refractivity contribution >= 4 is 5.97 Å². The van der Waals surface area contributed by atoms with E-state index in [-0.39, 0.29) is 24.2 Å². The Labute approximate surface area is 101 Å². The Morgan fingerprint density at radius 2 is 2.06 bits per heavy atom. The number of methoxy groups -OCH3 is 1. The lowest BCUT2D eigenvalue weighted by Gasteiger charge is -2.14. The summed E-state index contributed by atoms with van der Waals surface area (Å²) < 4.78 is 45.2. The molecule has 7 heteroatoms. The highest BCUT2D eigenvalue weighted by Gasteiger charge is 2.32. The summed E-state index contributed by atoms with van der Waals surface area (Å²) in [6.07, 6.45) is -5.16. The van der Waals surface area contributed by atoms with Gasteiger partial charge in [-0.2, -0.15) is 0 Å². The van der Waals surface area contributed by atoms with Crippen molar-refractivity contribution in [1.29, 1.82) is 0 Å². The fourth-order valence-electron chi connectivity index (χ4n) is 1.33. The van der Waals surface area contributed by atoms with Crippen LogP contribution in [-0.4, -0.2) is 24.5 Å². The van der Waals surface area contributed by atoms with Gasteiger partial charge in [0.25, 0.3) is 0 Å². The molecule has 0 aliphatic heterocycles. The number of carboxylic acid groups (broad SMARTS) is 1. The van der Waals surface area contributed by atoms with E-state index >= 15 is 0 Å². The molecular weight excluding hydrogens is 253 g/mol. The smallest absolute Gasteiger partial charge is 0.497 e. The van der Waals surface area contributed by atoms with E-state index in [1.165, 1.54) is 19.2 Å². The summed E-state index contributed by atoms with van der Waals surface area (Å²) in [5.74, 6) is -1.33. The number of aliphatic carboxylic acids is 1.